The largest absolute Gasteiger partial charge is 0.399 e. The van der Waals surface area contributed by atoms with E-state index in [1.807, 2.05) is 12.1 Å². The number of nitrogens with one attached hydrogen (secondary N) is 1. The van der Waals surface area contributed by atoms with E-state index < -0.39 is 0 Å². The summed E-state index contributed by atoms with van der Waals surface area (Å²) >= 11 is 1.73. The molecule has 0 saturated heterocycles. The Bertz CT molecular complexity index is 570. The number of nitrogens with zero attached hydrogens (tertiary/aromatic N) is 1. The number of anilines is 1. The minimum atomic E-state index is 0.353. The Labute approximate surface area is 124 Å². The normalized spacial score (nSPS) is 16.2. The van der Waals surface area contributed by atoms with Gasteiger partial charge in [-0.1, -0.05) is 12.1 Å². The number of aromatic nitrogens is 1. The van der Waals surface area contributed by atoms with E-state index in [0.29, 0.717) is 5.41 Å². The van der Waals surface area contributed by atoms with E-state index in [2.05, 4.69) is 34.7 Å². The highest BCUT2D eigenvalue weighted by Crippen LogP contribution is 2.47. The van der Waals surface area contributed by atoms with Crippen LogP contribution in [0.1, 0.15) is 29.1 Å². The van der Waals surface area contributed by atoms with Gasteiger partial charge in [0.25, 0.3) is 0 Å². The van der Waals surface area contributed by atoms with Crippen LogP contribution in [0, 0.1) is 6.92 Å². The Morgan fingerprint density at radius 1 is 1.30 bits per heavy atom. The fraction of sp³-hybridized carbons (Fsp3) is 0.438. The number of nitrogen functional groups attached to an aromatic ring is 1. The molecule has 0 aliphatic heterocycles. The van der Waals surface area contributed by atoms with Crippen LogP contribution in [0.5, 0.6) is 0 Å². The molecule has 1 aliphatic carbocycles. The number of thiazole rings is 1. The molecule has 4 heteroatoms. The first-order valence-electron chi connectivity index (χ1n) is 7.16. The average Bonchev–Trinajstić information content (AvgIpc) is 3.12. The van der Waals surface area contributed by atoms with E-state index in [1.165, 1.54) is 24.1 Å². The summed E-state index contributed by atoms with van der Waals surface area (Å²) in [6, 6.07) is 8.36. The Hall–Kier alpha value is -1.39. The third-order valence-corrected chi connectivity index (χ3v) is 4.89. The Balaban J connectivity index is 1.49. The minimum Gasteiger partial charge on any atom is -0.399 e. The molecular formula is C16H21N3S. The second-order valence-electron chi connectivity index (χ2n) is 5.69. The molecule has 0 atom stereocenters. The topological polar surface area (TPSA) is 50.9 Å². The fourth-order valence-corrected chi connectivity index (χ4v) is 3.27. The van der Waals surface area contributed by atoms with Crippen LogP contribution in [0.25, 0.3) is 0 Å². The summed E-state index contributed by atoms with van der Waals surface area (Å²) in [6.45, 7) is 4.11. The molecule has 1 heterocycles. The molecule has 1 aromatic carbocycles. The zero-order valence-corrected chi connectivity index (χ0v) is 12.7. The van der Waals surface area contributed by atoms with E-state index in [-0.39, 0.29) is 0 Å². The molecule has 1 aromatic heterocycles. The van der Waals surface area contributed by atoms with Crippen molar-refractivity contribution < 1.29 is 0 Å². The van der Waals surface area contributed by atoms with Crippen LogP contribution in [0.2, 0.25) is 0 Å². The number of aryl methyl sites for hydroxylation is 1. The Kier molecular flexibility index (Phi) is 3.76. The van der Waals surface area contributed by atoms with Gasteiger partial charge in [-0.05, 0) is 37.5 Å². The molecule has 0 amide bonds. The van der Waals surface area contributed by atoms with Crippen molar-refractivity contribution >= 4 is 17.0 Å². The van der Waals surface area contributed by atoms with Crippen molar-refractivity contribution in [3.63, 3.8) is 0 Å². The number of hydrogen-bond acceptors (Lipinski definition) is 4. The summed E-state index contributed by atoms with van der Waals surface area (Å²) < 4.78 is 0. The lowest BCUT2D eigenvalue weighted by atomic mass is 9.95. The minimum absolute atomic E-state index is 0.353. The molecule has 106 valence electrons. The standard InChI is InChI=1S/C16H21N3S/c1-12-19-15(10-20-12)6-9-18-11-16(7-8-16)13-2-4-14(17)5-3-13/h2-5,10,18H,6-9,11,17H2,1H3. The lowest BCUT2D eigenvalue weighted by Crippen LogP contribution is -2.28. The van der Waals surface area contributed by atoms with Gasteiger partial charge in [0.1, 0.15) is 0 Å². The van der Waals surface area contributed by atoms with Crippen molar-refractivity contribution in [1.82, 2.24) is 10.3 Å². The van der Waals surface area contributed by atoms with Crippen LogP contribution < -0.4 is 11.1 Å². The van der Waals surface area contributed by atoms with Crippen LogP contribution in [-0.2, 0) is 11.8 Å². The average molecular weight is 287 g/mol. The summed E-state index contributed by atoms with van der Waals surface area (Å²) in [6.07, 6.45) is 3.57. The highest BCUT2D eigenvalue weighted by Gasteiger charge is 2.43. The van der Waals surface area contributed by atoms with E-state index in [1.54, 1.807) is 11.3 Å². The zero-order chi connectivity index (χ0) is 14.0. The highest BCUT2D eigenvalue weighted by atomic mass is 32.1. The first-order valence-corrected chi connectivity index (χ1v) is 8.04. The molecule has 2 aromatic rings. The van der Waals surface area contributed by atoms with E-state index in [4.69, 9.17) is 5.73 Å². The molecule has 3 rings (SSSR count). The zero-order valence-electron chi connectivity index (χ0n) is 11.9. The van der Waals surface area contributed by atoms with Crippen molar-refractivity contribution in [2.45, 2.75) is 31.6 Å². The van der Waals surface area contributed by atoms with Gasteiger partial charge in [-0.15, -0.1) is 11.3 Å². The number of hydrogen-bond donors (Lipinski definition) is 2. The van der Waals surface area contributed by atoms with E-state index >= 15 is 0 Å². The van der Waals surface area contributed by atoms with Crippen molar-refractivity contribution in [2.75, 3.05) is 18.8 Å². The van der Waals surface area contributed by atoms with Crippen LogP contribution >= 0.6 is 11.3 Å². The van der Waals surface area contributed by atoms with Gasteiger partial charge in [0.05, 0.1) is 10.7 Å². The number of nitrogens with two attached hydrogens (primary N) is 1. The van der Waals surface area contributed by atoms with Crippen molar-refractivity contribution in [3.8, 4) is 0 Å². The first kappa shape index (κ1) is 13.6. The second-order valence-corrected chi connectivity index (χ2v) is 6.75. The third-order valence-electron chi connectivity index (χ3n) is 4.06. The maximum atomic E-state index is 5.76. The molecule has 20 heavy (non-hydrogen) atoms. The number of rotatable bonds is 6. The van der Waals surface area contributed by atoms with E-state index in [9.17, 15) is 0 Å². The fourth-order valence-electron chi connectivity index (χ4n) is 2.62. The molecule has 0 unspecified atom stereocenters. The molecular weight excluding hydrogens is 266 g/mol. The van der Waals surface area contributed by atoms with Gasteiger partial charge in [-0.2, -0.15) is 0 Å². The quantitative estimate of drug-likeness (QED) is 0.634. The van der Waals surface area contributed by atoms with Gasteiger partial charge in [0.15, 0.2) is 0 Å². The summed E-state index contributed by atoms with van der Waals surface area (Å²) in [4.78, 5) is 4.49. The van der Waals surface area contributed by atoms with Crippen LogP contribution in [0.3, 0.4) is 0 Å². The molecule has 1 saturated carbocycles. The van der Waals surface area contributed by atoms with Gasteiger partial charge in [-0.3, -0.25) is 0 Å². The second kappa shape index (κ2) is 5.54. The van der Waals surface area contributed by atoms with Gasteiger partial charge in [0.2, 0.25) is 0 Å². The monoisotopic (exact) mass is 287 g/mol. The smallest absolute Gasteiger partial charge is 0.0897 e. The number of benzene rings is 1. The van der Waals surface area contributed by atoms with Crippen molar-refractivity contribution in [2.24, 2.45) is 0 Å². The predicted molar refractivity (Wildman–Crippen MR) is 85.2 cm³/mol. The van der Waals surface area contributed by atoms with Crippen molar-refractivity contribution in [1.29, 1.82) is 0 Å². The summed E-state index contributed by atoms with van der Waals surface area (Å²) in [7, 11) is 0. The highest BCUT2D eigenvalue weighted by molar-refractivity contribution is 7.09. The van der Waals surface area contributed by atoms with E-state index in [0.717, 1.165) is 30.2 Å². The van der Waals surface area contributed by atoms with Gasteiger partial charge in [0, 0.05) is 36.0 Å². The third kappa shape index (κ3) is 3.02. The predicted octanol–water partition coefficient (Wildman–Crippen LogP) is 2.90. The molecule has 3 N–H and O–H groups in total. The maximum absolute atomic E-state index is 5.76. The molecule has 3 nitrogen and oxygen atoms in total. The lowest BCUT2D eigenvalue weighted by Gasteiger charge is -2.16. The SMILES string of the molecule is Cc1nc(CCNCC2(c3ccc(N)cc3)CC2)cs1. The van der Waals surface area contributed by atoms with Gasteiger partial charge < -0.3 is 11.1 Å². The lowest BCUT2D eigenvalue weighted by molar-refractivity contribution is 0.574. The molecule has 0 spiro atoms. The maximum Gasteiger partial charge on any atom is 0.0897 e. The summed E-state index contributed by atoms with van der Waals surface area (Å²) in [5.41, 5.74) is 9.58. The summed E-state index contributed by atoms with van der Waals surface area (Å²) in [5, 5.41) is 6.90. The molecule has 1 aliphatic rings. The van der Waals surface area contributed by atoms with Gasteiger partial charge >= 0.3 is 0 Å². The Morgan fingerprint density at radius 2 is 2.05 bits per heavy atom. The van der Waals surface area contributed by atoms with Crippen molar-refractivity contribution in [3.05, 3.63) is 45.9 Å². The van der Waals surface area contributed by atoms with Crippen LogP contribution in [0.15, 0.2) is 29.6 Å². The Morgan fingerprint density at radius 3 is 2.65 bits per heavy atom. The molecule has 1 fully saturated rings. The summed E-state index contributed by atoms with van der Waals surface area (Å²) in [5.74, 6) is 0. The van der Waals surface area contributed by atoms with Crippen LogP contribution in [0.4, 0.5) is 5.69 Å². The molecule has 0 radical (unpaired) electrons. The van der Waals surface area contributed by atoms with Gasteiger partial charge in [-0.25, -0.2) is 4.98 Å². The molecule has 0 bridgehead atoms. The van der Waals surface area contributed by atoms with Crippen LogP contribution in [-0.4, -0.2) is 18.1 Å². The first-order chi connectivity index (χ1) is 9.68.